The van der Waals surface area contributed by atoms with Gasteiger partial charge >= 0.3 is 0 Å². The van der Waals surface area contributed by atoms with Gasteiger partial charge in [-0.25, -0.2) is 0 Å². The first-order valence-corrected chi connectivity index (χ1v) is 6.12. The largest absolute Gasteiger partial charge is 0.330 e. The molecule has 0 fully saturated rings. The molecule has 90 valence electrons. The van der Waals surface area contributed by atoms with Crippen molar-refractivity contribution in [3.8, 4) is 0 Å². The summed E-state index contributed by atoms with van der Waals surface area (Å²) >= 11 is 0. The summed E-state index contributed by atoms with van der Waals surface area (Å²) in [5.41, 5.74) is 6.97. The highest BCUT2D eigenvalue weighted by Crippen LogP contribution is 2.07. The van der Waals surface area contributed by atoms with Gasteiger partial charge in [-0.15, -0.1) is 0 Å². The van der Waals surface area contributed by atoms with E-state index in [0.717, 1.165) is 38.3 Å². The van der Waals surface area contributed by atoms with Crippen LogP contribution in [0.5, 0.6) is 0 Å². The van der Waals surface area contributed by atoms with Gasteiger partial charge in [0.05, 0.1) is 0 Å². The van der Waals surface area contributed by atoms with Gasteiger partial charge in [0.1, 0.15) is 0 Å². The summed E-state index contributed by atoms with van der Waals surface area (Å²) < 4.78 is 0. The van der Waals surface area contributed by atoms with Crippen LogP contribution >= 0.6 is 0 Å². The van der Waals surface area contributed by atoms with Crippen molar-refractivity contribution in [2.75, 3.05) is 26.2 Å². The van der Waals surface area contributed by atoms with E-state index in [9.17, 15) is 0 Å². The van der Waals surface area contributed by atoms with E-state index < -0.39 is 0 Å². The summed E-state index contributed by atoms with van der Waals surface area (Å²) in [5.74, 6) is 0.509. The Bertz CT molecular complexity index is 270. The van der Waals surface area contributed by atoms with Crippen LogP contribution in [0.4, 0.5) is 0 Å². The monoisotopic (exact) mass is 221 g/mol. The number of hydrogen-bond donors (Lipinski definition) is 1. The van der Waals surface area contributed by atoms with E-state index in [2.05, 4.69) is 29.8 Å². The average Bonchev–Trinajstić information content (AvgIpc) is 2.35. The smallest absolute Gasteiger partial charge is 0.0407 e. The Balaban J connectivity index is 2.49. The van der Waals surface area contributed by atoms with Crippen LogP contribution in [0.1, 0.15) is 19.5 Å². The van der Waals surface area contributed by atoms with Crippen molar-refractivity contribution in [1.29, 1.82) is 0 Å². The number of rotatable bonds is 7. The maximum Gasteiger partial charge on any atom is 0.0407 e. The van der Waals surface area contributed by atoms with E-state index >= 15 is 0 Å². The standard InChI is InChI=1S/C13H23N3/c1-3-16(4-2)11-12(10-14)9-13-7-5-6-8-15-13/h5-8,12H,3-4,9-11,14H2,1-2H3. The van der Waals surface area contributed by atoms with Gasteiger partial charge in [-0.2, -0.15) is 0 Å². The zero-order valence-electron chi connectivity index (χ0n) is 10.4. The molecule has 0 aliphatic rings. The second-order valence-corrected chi connectivity index (χ2v) is 4.11. The molecule has 3 nitrogen and oxygen atoms in total. The summed E-state index contributed by atoms with van der Waals surface area (Å²) in [6, 6.07) is 6.06. The summed E-state index contributed by atoms with van der Waals surface area (Å²) in [6.45, 7) is 8.37. The van der Waals surface area contributed by atoms with Gasteiger partial charge in [-0.1, -0.05) is 19.9 Å². The molecule has 16 heavy (non-hydrogen) atoms. The number of aromatic nitrogens is 1. The molecule has 0 radical (unpaired) electrons. The first-order chi connectivity index (χ1) is 7.80. The molecule has 0 spiro atoms. The van der Waals surface area contributed by atoms with Crippen LogP contribution in [0.3, 0.4) is 0 Å². The Morgan fingerprint density at radius 3 is 2.56 bits per heavy atom. The van der Waals surface area contributed by atoms with Crippen LogP contribution in [-0.4, -0.2) is 36.1 Å². The maximum atomic E-state index is 5.82. The van der Waals surface area contributed by atoms with Crippen LogP contribution in [0.25, 0.3) is 0 Å². The lowest BCUT2D eigenvalue weighted by Crippen LogP contribution is -2.34. The highest BCUT2D eigenvalue weighted by atomic mass is 15.1. The molecule has 0 aromatic carbocycles. The summed E-state index contributed by atoms with van der Waals surface area (Å²) in [5, 5.41) is 0. The van der Waals surface area contributed by atoms with Crippen molar-refractivity contribution in [3.05, 3.63) is 30.1 Å². The van der Waals surface area contributed by atoms with Crippen molar-refractivity contribution in [1.82, 2.24) is 9.88 Å². The van der Waals surface area contributed by atoms with Gasteiger partial charge in [0, 0.05) is 18.4 Å². The Morgan fingerprint density at radius 1 is 1.31 bits per heavy atom. The lowest BCUT2D eigenvalue weighted by molar-refractivity contribution is 0.253. The maximum absolute atomic E-state index is 5.82. The molecular weight excluding hydrogens is 198 g/mol. The predicted molar refractivity (Wildman–Crippen MR) is 68.3 cm³/mol. The minimum Gasteiger partial charge on any atom is -0.330 e. The normalized spacial score (nSPS) is 13.0. The topological polar surface area (TPSA) is 42.1 Å². The molecule has 1 rings (SSSR count). The highest BCUT2D eigenvalue weighted by molar-refractivity contribution is 5.04. The van der Waals surface area contributed by atoms with Crippen LogP contribution < -0.4 is 5.73 Å². The third-order valence-electron chi connectivity index (χ3n) is 2.97. The lowest BCUT2D eigenvalue weighted by Gasteiger charge is -2.24. The van der Waals surface area contributed by atoms with E-state index in [4.69, 9.17) is 5.73 Å². The van der Waals surface area contributed by atoms with Gasteiger partial charge in [0.2, 0.25) is 0 Å². The molecule has 1 aromatic rings. The fourth-order valence-corrected chi connectivity index (χ4v) is 1.88. The molecule has 0 bridgehead atoms. The van der Waals surface area contributed by atoms with Crippen molar-refractivity contribution >= 4 is 0 Å². The molecule has 0 saturated carbocycles. The summed E-state index contributed by atoms with van der Waals surface area (Å²) in [7, 11) is 0. The van der Waals surface area contributed by atoms with E-state index in [0.29, 0.717) is 5.92 Å². The molecule has 1 heterocycles. The van der Waals surface area contributed by atoms with Crippen LogP contribution in [0.2, 0.25) is 0 Å². The zero-order valence-corrected chi connectivity index (χ0v) is 10.4. The molecule has 0 saturated heterocycles. The highest BCUT2D eigenvalue weighted by Gasteiger charge is 2.11. The Kier molecular flexibility index (Phi) is 6.04. The Morgan fingerprint density at radius 2 is 2.06 bits per heavy atom. The number of nitrogens with zero attached hydrogens (tertiary/aromatic N) is 2. The molecule has 1 aromatic heterocycles. The van der Waals surface area contributed by atoms with E-state index in [1.165, 1.54) is 0 Å². The van der Waals surface area contributed by atoms with Gasteiger partial charge in [0.25, 0.3) is 0 Å². The third-order valence-corrected chi connectivity index (χ3v) is 2.97. The summed E-state index contributed by atoms with van der Waals surface area (Å²) in [4.78, 5) is 6.77. The molecule has 1 atom stereocenters. The molecular formula is C13H23N3. The van der Waals surface area contributed by atoms with Gasteiger partial charge in [0.15, 0.2) is 0 Å². The molecule has 0 aliphatic heterocycles. The Labute approximate surface area is 98.7 Å². The van der Waals surface area contributed by atoms with Gasteiger partial charge < -0.3 is 10.6 Å². The summed E-state index contributed by atoms with van der Waals surface area (Å²) in [6.07, 6.45) is 2.83. The van der Waals surface area contributed by atoms with Crippen LogP contribution in [-0.2, 0) is 6.42 Å². The lowest BCUT2D eigenvalue weighted by atomic mass is 10.0. The van der Waals surface area contributed by atoms with Crippen molar-refractivity contribution in [2.45, 2.75) is 20.3 Å². The second kappa shape index (κ2) is 7.36. The minimum absolute atomic E-state index is 0.509. The number of hydrogen-bond acceptors (Lipinski definition) is 3. The fraction of sp³-hybridized carbons (Fsp3) is 0.615. The average molecular weight is 221 g/mol. The van der Waals surface area contributed by atoms with Crippen molar-refractivity contribution < 1.29 is 0 Å². The quantitative estimate of drug-likeness (QED) is 0.759. The molecule has 2 N–H and O–H groups in total. The van der Waals surface area contributed by atoms with E-state index in [-0.39, 0.29) is 0 Å². The fourth-order valence-electron chi connectivity index (χ4n) is 1.88. The van der Waals surface area contributed by atoms with Gasteiger partial charge in [-0.05, 0) is 44.1 Å². The number of pyridine rings is 1. The molecule has 0 amide bonds. The molecule has 1 unspecified atom stereocenters. The first kappa shape index (κ1) is 13.1. The van der Waals surface area contributed by atoms with E-state index in [1.807, 2.05) is 18.3 Å². The SMILES string of the molecule is CCN(CC)CC(CN)Cc1ccccn1. The third kappa shape index (κ3) is 4.29. The first-order valence-electron chi connectivity index (χ1n) is 6.12. The van der Waals surface area contributed by atoms with Gasteiger partial charge in [-0.3, -0.25) is 4.98 Å². The molecule has 3 heteroatoms. The van der Waals surface area contributed by atoms with Crippen LogP contribution in [0, 0.1) is 5.92 Å². The predicted octanol–water partition coefficient (Wildman–Crippen LogP) is 1.54. The van der Waals surface area contributed by atoms with Crippen molar-refractivity contribution in [2.24, 2.45) is 11.7 Å². The second-order valence-electron chi connectivity index (χ2n) is 4.11. The Hall–Kier alpha value is -0.930. The van der Waals surface area contributed by atoms with Crippen molar-refractivity contribution in [3.63, 3.8) is 0 Å². The molecule has 0 aliphatic carbocycles. The zero-order chi connectivity index (χ0) is 11.8. The minimum atomic E-state index is 0.509. The van der Waals surface area contributed by atoms with E-state index in [1.54, 1.807) is 0 Å². The van der Waals surface area contributed by atoms with Crippen LogP contribution in [0.15, 0.2) is 24.4 Å². The number of nitrogens with two attached hydrogens (primary N) is 1.